The second kappa shape index (κ2) is 8.90. The maximum absolute atomic E-state index is 13.2. The molecule has 2 aliphatic rings. The monoisotopic (exact) mass is 461 g/mol. The van der Waals surface area contributed by atoms with E-state index in [0.29, 0.717) is 13.0 Å². The van der Waals surface area contributed by atoms with Crippen LogP contribution in [0.5, 0.6) is 0 Å². The van der Waals surface area contributed by atoms with Crippen LogP contribution in [0.25, 0.3) is 0 Å². The molecular weight excluding hydrogens is 434 g/mol. The number of fused-ring (bicyclic) bond motifs is 1. The zero-order chi connectivity index (χ0) is 22.2. The Kier molecular flexibility index (Phi) is 6.40. The highest BCUT2D eigenvalue weighted by Gasteiger charge is 2.33. The second-order valence-corrected chi connectivity index (χ2v) is 11.1. The van der Waals surface area contributed by atoms with E-state index in [4.69, 9.17) is 11.6 Å². The van der Waals surface area contributed by atoms with Crippen LogP contribution in [-0.2, 0) is 27.8 Å². The SMILES string of the molecule is CN(C)S(=O)(=O)c1ccc2c(c1)CCN2C(=O)C1CCN(Cc2cccc(Cl)c2)CC1. The minimum Gasteiger partial charge on any atom is -0.312 e. The van der Waals surface area contributed by atoms with Gasteiger partial charge in [0, 0.05) is 43.8 Å². The molecule has 0 saturated carbocycles. The van der Waals surface area contributed by atoms with E-state index in [0.717, 1.165) is 48.7 Å². The van der Waals surface area contributed by atoms with Gasteiger partial charge < -0.3 is 4.90 Å². The van der Waals surface area contributed by atoms with Crippen LogP contribution in [0.2, 0.25) is 5.02 Å². The smallest absolute Gasteiger partial charge is 0.242 e. The normalized spacial score (nSPS) is 17.9. The molecule has 2 aromatic rings. The number of hydrogen-bond acceptors (Lipinski definition) is 4. The van der Waals surface area contributed by atoms with Gasteiger partial charge in [-0.3, -0.25) is 9.69 Å². The second-order valence-electron chi connectivity index (χ2n) is 8.50. The molecule has 0 radical (unpaired) electrons. The summed E-state index contributed by atoms with van der Waals surface area (Å²) in [6, 6.07) is 13.0. The summed E-state index contributed by atoms with van der Waals surface area (Å²) in [7, 11) is -0.425. The molecular formula is C23H28ClN3O3S. The molecule has 0 bridgehead atoms. The molecule has 0 spiro atoms. The molecule has 1 fully saturated rings. The molecule has 1 amide bonds. The van der Waals surface area contributed by atoms with E-state index >= 15 is 0 Å². The molecule has 2 aromatic carbocycles. The van der Waals surface area contributed by atoms with E-state index in [-0.39, 0.29) is 16.7 Å². The number of sulfonamides is 1. The average Bonchev–Trinajstić information content (AvgIpc) is 3.17. The number of amides is 1. The Morgan fingerprint density at radius 1 is 1.10 bits per heavy atom. The molecule has 2 aliphatic heterocycles. The Labute approximate surface area is 189 Å². The van der Waals surface area contributed by atoms with Crippen molar-refractivity contribution in [2.45, 2.75) is 30.7 Å². The summed E-state index contributed by atoms with van der Waals surface area (Å²) >= 11 is 6.09. The Morgan fingerprint density at radius 3 is 2.52 bits per heavy atom. The summed E-state index contributed by atoms with van der Waals surface area (Å²) in [5, 5.41) is 0.747. The third-order valence-electron chi connectivity index (χ3n) is 6.22. The molecule has 0 atom stereocenters. The highest BCUT2D eigenvalue weighted by Crippen LogP contribution is 2.33. The van der Waals surface area contributed by atoms with Crippen LogP contribution in [0, 0.1) is 5.92 Å². The number of nitrogens with zero attached hydrogens (tertiary/aromatic N) is 3. The number of rotatable bonds is 5. The van der Waals surface area contributed by atoms with Crippen LogP contribution < -0.4 is 4.90 Å². The van der Waals surface area contributed by atoms with Gasteiger partial charge >= 0.3 is 0 Å². The van der Waals surface area contributed by atoms with Crippen molar-refractivity contribution in [1.29, 1.82) is 0 Å². The van der Waals surface area contributed by atoms with E-state index in [1.165, 1.54) is 24.0 Å². The van der Waals surface area contributed by atoms with Crippen molar-refractivity contribution in [2.75, 3.05) is 38.6 Å². The predicted octanol–water partition coefficient (Wildman–Crippen LogP) is 3.39. The highest BCUT2D eigenvalue weighted by molar-refractivity contribution is 7.89. The molecule has 0 unspecified atom stereocenters. The minimum absolute atomic E-state index is 0.00625. The Hall–Kier alpha value is -1.93. The number of carbonyl (C=O) groups excluding carboxylic acids is 1. The zero-order valence-electron chi connectivity index (χ0n) is 17.9. The number of hydrogen-bond donors (Lipinski definition) is 0. The number of benzene rings is 2. The minimum atomic E-state index is -3.48. The van der Waals surface area contributed by atoms with E-state index in [1.807, 2.05) is 23.1 Å². The van der Waals surface area contributed by atoms with Gasteiger partial charge in [-0.05, 0) is 73.8 Å². The predicted molar refractivity (Wildman–Crippen MR) is 123 cm³/mol. The molecule has 8 heteroatoms. The number of halogens is 1. The van der Waals surface area contributed by atoms with Crippen LogP contribution in [0.3, 0.4) is 0 Å². The first kappa shape index (κ1) is 22.3. The number of piperidine rings is 1. The van der Waals surface area contributed by atoms with Crippen LogP contribution in [0.4, 0.5) is 5.69 Å². The fourth-order valence-electron chi connectivity index (χ4n) is 4.43. The van der Waals surface area contributed by atoms with E-state index < -0.39 is 10.0 Å². The number of anilines is 1. The Bertz CT molecular complexity index is 1080. The fourth-order valence-corrected chi connectivity index (χ4v) is 5.60. The van der Waals surface area contributed by atoms with Gasteiger partial charge in [0.15, 0.2) is 0 Å². The van der Waals surface area contributed by atoms with Gasteiger partial charge in [0.05, 0.1) is 4.90 Å². The summed E-state index contributed by atoms with van der Waals surface area (Å²) in [5.41, 5.74) is 2.97. The molecule has 0 aliphatic carbocycles. The van der Waals surface area contributed by atoms with Crippen molar-refractivity contribution < 1.29 is 13.2 Å². The molecule has 0 N–H and O–H groups in total. The van der Waals surface area contributed by atoms with Crippen LogP contribution >= 0.6 is 11.6 Å². The molecule has 31 heavy (non-hydrogen) atoms. The van der Waals surface area contributed by atoms with Crippen LogP contribution in [-0.4, -0.2) is 57.3 Å². The topological polar surface area (TPSA) is 60.9 Å². The summed E-state index contributed by atoms with van der Waals surface area (Å²) < 4.78 is 26.0. The van der Waals surface area contributed by atoms with Gasteiger partial charge in [-0.1, -0.05) is 23.7 Å². The summed E-state index contributed by atoms with van der Waals surface area (Å²) in [6.45, 7) is 3.22. The average molecular weight is 462 g/mol. The van der Waals surface area contributed by atoms with Gasteiger partial charge in [-0.2, -0.15) is 0 Å². The van der Waals surface area contributed by atoms with Crippen molar-refractivity contribution in [3.8, 4) is 0 Å². The van der Waals surface area contributed by atoms with Crippen molar-refractivity contribution in [2.24, 2.45) is 5.92 Å². The molecule has 4 rings (SSSR count). The summed E-state index contributed by atoms with van der Waals surface area (Å²) in [5.74, 6) is 0.163. The lowest BCUT2D eigenvalue weighted by atomic mass is 9.95. The van der Waals surface area contributed by atoms with Gasteiger partial charge in [-0.25, -0.2) is 12.7 Å². The number of likely N-dealkylation sites (tertiary alicyclic amines) is 1. The molecule has 1 saturated heterocycles. The lowest BCUT2D eigenvalue weighted by Crippen LogP contribution is -2.41. The van der Waals surface area contributed by atoms with Crippen molar-refractivity contribution in [3.05, 3.63) is 58.6 Å². The van der Waals surface area contributed by atoms with Gasteiger partial charge in [0.1, 0.15) is 0 Å². The highest BCUT2D eigenvalue weighted by atomic mass is 35.5. The van der Waals surface area contributed by atoms with Crippen molar-refractivity contribution in [1.82, 2.24) is 9.21 Å². The summed E-state index contributed by atoms with van der Waals surface area (Å²) in [4.78, 5) is 17.7. The lowest BCUT2D eigenvalue weighted by molar-refractivity contribution is -0.123. The first-order chi connectivity index (χ1) is 14.8. The molecule has 0 aromatic heterocycles. The maximum atomic E-state index is 13.2. The van der Waals surface area contributed by atoms with Crippen molar-refractivity contribution in [3.63, 3.8) is 0 Å². The van der Waals surface area contributed by atoms with E-state index in [9.17, 15) is 13.2 Å². The Morgan fingerprint density at radius 2 is 1.84 bits per heavy atom. The third-order valence-corrected chi connectivity index (χ3v) is 8.27. The van der Waals surface area contributed by atoms with Gasteiger partial charge in [0.2, 0.25) is 15.9 Å². The largest absolute Gasteiger partial charge is 0.312 e. The Balaban J connectivity index is 1.40. The zero-order valence-corrected chi connectivity index (χ0v) is 19.5. The molecule has 6 nitrogen and oxygen atoms in total. The standard InChI is InChI=1S/C23H28ClN3O3S/c1-25(2)31(29,30)21-6-7-22-19(15-21)10-13-27(22)23(28)18-8-11-26(12-9-18)16-17-4-3-5-20(24)14-17/h3-7,14-15,18H,8-13,16H2,1-2H3. The van der Waals surface area contributed by atoms with E-state index in [2.05, 4.69) is 11.0 Å². The summed E-state index contributed by atoms with van der Waals surface area (Å²) in [6.07, 6.45) is 2.35. The molecule has 2 heterocycles. The van der Waals surface area contributed by atoms with Crippen molar-refractivity contribution >= 4 is 33.2 Å². The van der Waals surface area contributed by atoms with E-state index in [1.54, 1.807) is 18.2 Å². The van der Waals surface area contributed by atoms with Gasteiger partial charge in [-0.15, -0.1) is 0 Å². The lowest BCUT2D eigenvalue weighted by Gasteiger charge is -2.33. The number of carbonyl (C=O) groups is 1. The quantitative estimate of drug-likeness (QED) is 0.684. The maximum Gasteiger partial charge on any atom is 0.242 e. The third kappa shape index (κ3) is 4.65. The van der Waals surface area contributed by atoms with Crippen LogP contribution in [0.15, 0.2) is 47.4 Å². The van der Waals surface area contributed by atoms with Crippen LogP contribution in [0.1, 0.15) is 24.0 Å². The first-order valence-corrected chi connectivity index (χ1v) is 12.4. The van der Waals surface area contributed by atoms with Gasteiger partial charge in [0.25, 0.3) is 0 Å². The fraction of sp³-hybridized carbons (Fsp3) is 0.435. The first-order valence-electron chi connectivity index (χ1n) is 10.6. The molecule has 166 valence electrons.